The van der Waals surface area contributed by atoms with Gasteiger partial charge in [-0.25, -0.2) is 4.79 Å². The number of nitrogens with one attached hydrogen (secondary N) is 1. The highest BCUT2D eigenvalue weighted by Gasteiger charge is 2.18. The number of hydrogen-bond acceptors (Lipinski definition) is 3. The summed E-state index contributed by atoms with van der Waals surface area (Å²) in [5, 5.41) is 12.0. The van der Waals surface area contributed by atoms with Gasteiger partial charge in [-0.05, 0) is 38.7 Å². The third kappa shape index (κ3) is 7.84. The maximum atomic E-state index is 12.0. The molecule has 0 heterocycles. The van der Waals surface area contributed by atoms with Crippen LogP contribution in [0, 0.1) is 5.92 Å². The zero-order chi connectivity index (χ0) is 16.6. The van der Waals surface area contributed by atoms with Gasteiger partial charge in [0, 0.05) is 6.61 Å². The minimum Gasteiger partial charge on any atom is -0.444 e. The fourth-order valence-corrected chi connectivity index (χ4v) is 1.88. The van der Waals surface area contributed by atoms with E-state index < -0.39 is 11.7 Å². The summed E-state index contributed by atoms with van der Waals surface area (Å²) in [7, 11) is 0. The molecule has 1 unspecified atom stereocenters. The van der Waals surface area contributed by atoms with Crippen molar-refractivity contribution in [3.8, 4) is 0 Å². The van der Waals surface area contributed by atoms with Gasteiger partial charge in [0.15, 0.2) is 0 Å². The molecule has 0 aromatic heterocycles. The second-order valence-electron chi connectivity index (χ2n) is 6.49. The van der Waals surface area contributed by atoms with E-state index in [2.05, 4.69) is 5.32 Å². The van der Waals surface area contributed by atoms with Gasteiger partial charge in [-0.15, -0.1) is 0 Å². The molecule has 4 heteroatoms. The molecule has 4 nitrogen and oxygen atoms in total. The molecule has 122 valence electrons. The Bertz CT molecular complexity index is 477. The normalized spacial score (nSPS) is 14.6. The van der Waals surface area contributed by atoms with Crippen molar-refractivity contribution in [1.29, 1.82) is 0 Å². The van der Waals surface area contributed by atoms with Gasteiger partial charge in [-0.3, -0.25) is 0 Å². The number of aliphatic hydroxyl groups is 1. The van der Waals surface area contributed by atoms with E-state index in [1.807, 2.05) is 70.2 Å². The average molecular weight is 305 g/mol. The van der Waals surface area contributed by atoms with Crippen LogP contribution in [-0.4, -0.2) is 29.4 Å². The molecule has 0 radical (unpaired) electrons. The van der Waals surface area contributed by atoms with E-state index in [9.17, 15) is 4.79 Å². The number of carbonyl (C=O) groups excluding carboxylic acids is 1. The van der Waals surface area contributed by atoms with Crippen LogP contribution in [0.25, 0.3) is 0 Å². The van der Waals surface area contributed by atoms with Crippen molar-refractivity contribution in [2.24, 2.45) is 5.92 Å². The van der Waals surface area contributed by atoms with Crippen LogP contribution in [0.2, 0.25) is 0 Å². The highest BCUT2D eigenvalue weighted by atomic mass is 16.6. The van der Waals surface area contributed by atoms with Crippen LogP contribution >= 0.6 is 0 Å². The number of amides is 1. The lowest BCUT2D eigenvalue weighted by Crippen LogP contribution is -2.39. The monoisotopic (exact) mass is 305 g/mol. The van der Waals surface area contributed by atoms with E-state index in [1.165, 1.54) is 0 Å². The first-order valence-corrected chi connectivity index (χ1v) is 7.63. The lowest BCUT2D eigenvalue weighted by Gasteiger charge is -2.22. The fraction of sp³-hybridized carbons (Fsp3) is 0.500. The third-order valence-electron chi connectivity index (χ3n) is 2.96. The first-order valence-electron chi connectivity index (χ1n) is 7.63. The quantitative estimate of drug-likeness (QED) is 0.793. The zero-order valence-corrected chi connectivity index (χ0v) is 13.9. The molecule has 0 spiro atoms. The van der Waals surface area contributed by atoms with Gasteiger partial charge in [0.05, 0.1) is 6.04 Å². The molecule has 0 aliphatic heterocycles. The van der Waals surface area contributed by atoms with Crippen molar-refractivity contribution in [2.75, 3.05) is 6.61 Å². The summed E-state index contributed by atoms with van der Waals surface area (Å²) < 4.78 is 5.31. The van der Waals surface area contributed by atoms with Crippen molar-refractivity contribution in [1.82, 2.24) is 5.32 Å². The summed E-state index contributed by atoms with van der Waals surface area (Å²) in [5.74, 6) is 0.0544. The summed E-state index contributed by atoms with van der Waals surface area (Å²) in [6, 6.07) is 9.77. The van der Waals surface area contributed by atoms with E-state index in [4.69, 9.17) is 9.84 Å². The van der Waals surface area contributed by atoms with Crippen LogP contribution in [0.5, 0.6) is 0 Å². The molecule has 0 aliphatic rings. The van der Waals surface area contributed by atoms with Gasteiger partial charge in [-0.2, -0.15) is 0 Å². The highest BCUT2D eigenvalue weighted by Crippen LogP contribution is 2.09. The lowest BCUT2D eigenvalue weighted by molar-refractivity contribution is 0.0514. The van der Waals surface area contributed by atoms with Gasteiger partial charge >= 0.3 is 6.09 Å². The van der Waals surface area contributed by atoms with Gasteiger partial charge < -0.3 is 15.2 Å². The minimum absolute atomic E-state index is 0.0544. The zero-order valence-electron chi connectivity index (χ0n) is 13.9. The van der Waals surface area contributed by atoms with Crippen LogP contribution in [0.1, 0.15) is 33.3 Å². The molecule has 0 aliphatic carbocycles. The summed E-state index contributed by atoms with van der Waals surface area (Å²) in [6.07, 6.45) is 4.06. The number of aliphatic hydroxyl groups excluding tert-OH is 1. The maximum absolute atomic E-state index is 12.0. The Hall–Kier alpha value is -1.81. The third-order valence-corrected chi connectivity index (χ3v) is 2.96. The predicted octanol–water partition coefficient (Wildman–Crippen LogP) is 3.31. The van der Waals surface area contributed by atoms with Crippen molar-refractivity contribution in [3.05, 3.63) is 48.0 Å². The first-order chi connectivity index (χ1) is 10.3. The predicted molar refractivity (Wildman–Crippen MR) is 88.7 cm³/mol. The smallest absolute Gasteiger partial charge is 0.408 e. The molecule has 1 aromatic carbocycles. The van der Waals surface area contributed by atoms with Crippen LogP contribution < -0.4 is 5.32 Å². The molecule has 2 N–H and O–H groups in total. The van der Waals surface area contributed by atoms with Crippen LogP contribution in [-0.2, 0) is 11.2 Å². The number of ether oxygens (including phenoxy) is 1. The number of rotatable bonds is 6. The fourth-order valence-electron chi connectivity index (χ4n) is 1.88. The summed E-state index contributed by atoms with van der Waals surface area (Å²) in [4.78, 5) is 12.0. The first kappa shape index (κ1) is 18.2. The molecule has 1 rings (SSSR count). The molecule has 0 fully saturated rings. The molecule has 2 atom stereocenters. The van der Waals surface area contributed by atoms with Crippen LogP contribution in [0.15, 0.2) is 42.5 Å². The Labute approximate surface area is 133 Å². The van der Waals surface area contributed by atoms with Crippen LogP contribution in [0.3, 0.4) is 0 Å². The molecular formula is C18H27NO3. The Morgan fingerprint density at radius 3 is 2.45 bits per heavy atom. The summed E-state index contributed by atoms with van der Waals surface area (Å²) in [6.45, 7) is 7.51. The Morgan fingerprint density at radius 2 is 1.91 bits per heavy atom. The standard InChI is InChI=1S/C18H27NO3/c1-14(13-20)10-11-16(12-15-8-6-5-7-9-15)19-17(21)22-18(2,3)4/h5-11,14,16,20H,12-13H2,1-4H3,(H,19,21)/b11-10+/t14?,16-/m1/s1. The topological polar surface area (TPSA) is 58.6 Å². The average Bonchev–Trinajstić information content (AvgIpc) is 2.43. The van der Waals surface area contributed by atoms with E-state index in [0.717, 1.165) is 5.56 Å². The van der Waals surface area contributed by atoms with Gasteiger partial charge in [-0.1, -0.05) is 49.4 Å². The maximum Gasteiger partial charge on any atom is 0.408 e. The number of benzene rings is 1. The second kappa shape index (κ2) is 8.59. The summed E-state index contributed by atoms with van der Waals surface area (Å²) >= 11 is 0. The Morgan fingerprint density at radius 1 is 1.27 bits per heavy atom. The number of alkyl carbamates (subject to hydrolysis) is 1. The SMILES string of the molecule is CC(/C=C/[C@H](Cc1ccccc1)NC(=O)OC(C)(C)C)CO. The van der Waals surface area contributed by atoms with Crippen molar-refractivity contribution < 1.29 is 14.6 Å². The molecule has 0 bridgehead atoms. The van der Waals surface area contributed by atoms with Crippen molar-refractivity contribution >= 4 is 6.09 Å². The second-order valence-corrected chi connectivity index (χ2v) is 6.49. The number of hydrogen-bond donors (Lipinski definition) is 2. The molecule has 1 aromatic rings. The molecule has 0 saturated heterocycles. The molecule has 22 heavy (non-hydrogen) atoms. The van der Waals surface area contributed by atoms with E-state index >= 15 is 0 Å². The van der Waals surface area contributed by atoms with E-state index in [1.54, 1.807) is 0 Å². The van der Waals surface area contributed by atoms with Gasteiger partial charge in [0.1, 0.15) is 5.60 Å². The molecule has 1 amide bonds. The molecule has 0 saturated carbocycles. The van der Waals surface area contributed by atoms with Crippen LogP contribution in [0.4, 0.5) is 4.79 Å². The molecular weight excluding hydrogens is 278 g/mol. The van der Waals surface area contributed by atoms with Gasteiger partial charge in [0.2, 0.25) is 0 Å². The Balaban J connectivity index is 2.73. The van der Waals surface area contributed by atoms with E-state index in [0.29, 0.717) is 6.42 Å². The Kier molecular flexibility index (Phi) is 7.12. The number of carbonyl (C=O) groups is 1. The summed E-state index contributed by atoms with van der Waals surface area (Å²) in [5.41, 5.74) is 0.605. The largest absolute Gasteiger partial charge is 0.444 e. The van der Waals surface area contributed by atoms with Crippen molar-refractivity contribution in [3.63, 3.8) is 0 Å². The highest BCUT2D eigenvalue weighted by molar-refractivity contribution is 5.68. The minimum atomic E-state index is -0.524. The van der Waals surface area contributed by atoms with Crippen molar-refractivity contribution in [2.45, 2.75) is 45.8 Å². The van der Waals surface area contributed by atoms with Gasteiger partial charge in [0.25, 0.3) is 0 Å². The lowest BCUT2D eigenvalue weighted by atomic mass is 10.0. The van der Waals surface area contributed by atoms with E-state index in [-0.39, 0.29) is 18.6 Å².